The van der Waals surface area contributed by atoms with Crippen LogP contribution in [0.2, 0.25) is 0 Å². The molecular formula is C5H8O5. The first-order valence-corrected chi connectivity index (χ1v) is 2.41. The summed E-state index contributed by atoms with van der Waals surface area (Å²) in [5.74, 6) is -3.33. The van der Waals surface area contributed by atoms with E-state index in [1.165, 1.54) is 0 Å². The standard InChI is InChI=1S/C5H8O5/c6-3(1-4(7)8)2-5(9)10/h3,6H,1-2H2,(H,7,8)(H,9,10)/i1D2. The van der Waals surface area contributed by atoms with E-state index >= 15 is 0 Å². The Balaban J connectivity index is 4.35. The number of aliphatic carboxylic acids is 2. The zero-order valence-electron chi connectivity index (χ0n) is 6.94. The number of carboxylic acid groups (broad SMARTS) is 2. The zero-order valence-corrected chi connectivity index (χ0v) is 4.94. The van der Waals surface area contributed by atoms with E-state index in [-0.39, 0.29) is 0 Å². The largest absolute Gasteiger partial charge is 0.481 e. The fourth-order valence-electron chi connectivity index (χ4n) is 0.359. The SMILES string of the molecule is [2H]C([2H])(C(=O)O)C(O)CC(=O)O. The van der Waals surface area contributed by atoms with Crippen LogP contribution in [0.1, 0.15) is 15.5 Å². The lowest BCUT2D eigenvalue weighted by molar-refractivity contribution is -0.142. The van der Waals surface area contributed by atoms with E-state index in [2.05, 4.69) is 0 Å². The summed E-state index contributed by atoms with van der Waals surface area (Å²) in [5.41, 5.74) is 0. The third-order valence-corrected chi connectivity index (χ3v) is 0.658. The Kier molecular flexibility index (Phi) is 2.17. The molecule has 5 nitrogen and oxygen atoms in total. The molecular weight excluding hydrogens is 140 g/mol. The van der Waals surface area contributed by atoms with Crippen molar-refractivity contribution in [2.75, 3.05) is 0 Å². The second-order valence-electron chi connectivity index (χ2n) is 1.56. The minimum atomic E-state index is -2.92. The molecule has 3 N–H and O–H groups in total. The molecule has 0 aromatic carbocycles. The molecule has 0 aliphatic heterocycles. The average Bonchev–Trinajstić information content (AvgIpc) is 1.85. The summed E-state index contributed by atoms with van der Waals surface area (Å²) >= 11 is 0. The normalized spacial score (nSPS) is 16.9. The van der Waals surface area contributed by atoms with Crippen molar-refractivity contribution < 1.29 is 27.7 Å². The van der Waals surface area contributed by atoms with Gasteiger partial charge in [0.25, 0.3) is 0 Å². The Morgan fingerprint density at radius 3 is 2.20 bits per heavy atom. The van der Waals surface area contributed by atoms with Gasteiger partial charge in [-0.1, -0.05) is 0 Å². The number of aliphatic hydroxyl groups excluding tert-OH is 1. The van der Waals surface area contributed by atoms with E-state index in [1.54, 1.807) is 0 Å². The quantitative estimate of drug-likeness (QED) is 0.492. The molecule has 10 heavy (non-hydrogen) atoms. The third-order valence-electron chi connectivity index (χ3n) is 0.658. The fraction of sp³-hybridized carbons (Fsp3) is 0.600. The minimum absolute atomic E-state index is 0.931. The fourth-order valence-corrected chi connectivity index (χ4v) is 0.359. The number of carbonyl (C=O) groups is 2. The molecule has 0 saturated heterocycles. The molecule has 58 valence electrons. The molecule has 1 unspecified atom stereocenters. The first-order valence-electron chi connectivity index (χ1n) is 3.41. The van der Waals surface area contributed by atoms with Crippen molar-refractivity contribution in [3.8, 4) is 0 Å². The van der Waals surface area contributed by atoms with Crippen LogP contribution in [0.5, 0.6) is 0 Å². The Morgan fingerprint density at radius 1 is 1.40 bits per heavy atom. The van der Waals surface area contributed by atoms with Crippen molar-refractivity contribution in [2.24, 2.45) is 0 Å². The highest BCUT2D eigenvalue weighted by Gasteiger charge is 2.12. The van der Waals surface area contributed by atoms with Gasteiger partial charge in [0.2, 0.25) is 0 Å². The average molecular weight is 150 g/mol. The Bertz CT molecular complexity index is 202. The van der Waals surface area contributed by atoms with Crippen molar-refractivity contribution in [1.29, 1.82) is 0 Å². The van der Waals surface area contributed by atoms with Gasteiger partial charge in [-0.2, -0.15) is 0 Å². The molecule has 0 radical (unpaired) electrons. The van der Waals surface area contributed by atoms with E-state index in [0.717, 1.165) is 0 Å². The molecule has 0 heterocycles. The van der Waals surface area contributed by atoms with Gasteiger partial charge < -0.3 is 15.3 Å². The van der Waals surface area contributed by atoms with Gasteiger partial charge in [-0.3, -0.25) is 9.59 Å². The molecule has 0 rings (SSSR count). The van der Waals surface area contributed by atoms with E-state index in [4.69, 9.17) is 18.1 Å². The number of aliphatic hydroxyl groups is 1. The maximum Gasteiger partial charge on any atom is 0.305 e. The summed E-state index contributed by atoms with van der Waals surface area (Å²) < 4.78 is 13.5. The van der Waals surface area contributed by atoms with Gasteiger partial charge >= 0.3 is 11.9 Å². The molecule has 0 saturated carbocycles. The van der Waals surface area contributed by atoms with Crippen LogP contribution in [-0.4, -0.2) is 33.4 Å². The zero-order chi connectivity index (χ0) is 9.94. The van der Waals surface area contributed by atoms with E-state index in [9.17, 15) is 9.59 Å². The van der Waals surface area contributed by atoms with Gasteiger partial charge in [0.15, 0.2) is 0 Å². The van der Waals surface area contributed by atoms with Crippen LogP contribution in [0, 0.1) is 0 Å². The molecule has 1 atom stereocenters. The topological polar surface area (TPSA) is 94.8 Å². The van der Waals surface area contributed by atoms with E-state index in [1.807, 2.05) is 0 Å². The summed E-state index contributed by atoms with van der Waals surface area (Å²) in [7, 11) is 0. The van der Waals surface area contributed by atoms with Crippen molar-refractivity contribution in [2.45, 2.75) is 18.9 Å². The van der Waals surface area contributed by atoms with Crippen molar-refractivity contribution in [3.63, 3.8) is 0 Å². The summed E-state index contributed by atoms with van der Waals surface area (Å²) in [6.45, 7) is 0. The highest BCUT2D eigenvalue weighted by molar-refractivity contribution is 5.71. The van der Waals surface area contributed by atoms with Crippen LogP contribution in [0.15, 0.2) is 0 Å². The molecule has 0 aliphatic carbocycles. The minimum Gasteiger partial charge on any atom is -0.481 e. The maximum atomic E-state index is 10.1. The Morgan fingerprint density at radius 2 is 1.90 bits per heavy atom. The summed E-state index contributed by atoms with van der Waals surface area (Å²) in [4.78, 5) is 20.1. The maximum absolute atomic E-state index is 10.1. The van der Waals surface area contributed by atoms with Crippen molar-refractivity contribution >= 4 is 11.9 Å². The smallest absolute Gasteiger partial charge is 0.305 e. The van der Waals surface area contributed by atoms with Gasteiger partial charge in [-0.05, 0) is 0 Å². The molecule has 0 fully saturated rings. The molecule has 0 spiro atoms. The van der Waals surface area contributed by atoms with Gasteiger partial charge in [0.05, 0.1) is 18.9 Å². The number of rotatable bonds is 4. The number of carboxylic acids is 2. The van der Waals surface area contributed by atoms with Crippen molar-refractivity contribution in [1.82, 2.24) is 0 Å². The van der Waals surface area contributed by atoms with Gasteiger partial charge in [0, 0.05) is 2.74 Å². The highest BCUT2D eigenvalue weighted by Crippen LogP contribution is 1.96. The summed E-state index contributed by atoms with van der Waals surface area (Å²) in [6, 6.07) is 0. The molecule has 0 aliphatic rings. The predicted molar refractivity (Wildman–Crippen MR) is 30.5 cm³/mol. The first-order chi connectivity index (χ1) is 5.28. The molecule has 0 aromatic heterocycles. The predicted octanol–water partition coefficient (Wildman–Crippen LogP) is -0.703. The van der Waals surface area contributed by atoms with Crippen LogP contribution >= 0.6 is 0 Å². The molecule has 5 heteroatoms. The lowest BCUT2D eigenvalue weighted by atomic mass is 10.2. The Hall–Kier alpha value is -1.10. The monoisotopic (exact) mass is 150 g/mol. The number of hydrogen-bond donors (Lipinski definition) is 3. The number of hydrogen-bond acceptors (Lipinski definition) is 3. The summed E-state index contributed by atoms with van der Waals surface area (Å²) in [5, 5.41) is 25.1. The van der Waals surface area contributed by atoms with Gasteiger partial charge in [0.1, 0.15) is 0 Å². The second-order valence-corrected chi connectivity index (χ2v) is 1.56. The van der Waals surface area contributed by atoms with Crippen LogP contribution in [-0.2, 0) is 9.59 Å². The van der Waals surface area contributed by atoms with Crippen molar-refractivity contribution in [3.05, 3.63) is 0 Å². The van der Waals surface area contributed by atoms with Crippen LogP contribution in [0.4, 0.5) is 0 Å². The summed E-state index contributed by atoms with van der Waals surface area (Å²) in [6.07, 6.45) is -5.88. The molecule has 0 amide bonds. The third kappa shape index (κ3) is 5.04. The van der Waals surface area contributed by atoms with Crippen LogP contribution in [0.3, 0.4) is 0 Å². The molecule has 0 bridgehead atoms. The Labute approximate surface area is 59.7 Å². The van der Waals surface area contributed by atoms with Crippen LogP contribution in [0.25, 0.3) is 0 Å². The van der Waals surface area contributed by atoms with E-state index < -0.39 is 30.8 Å². The lowest BCUT2D eigenvalue weighted by Crippen LogP contribution is -2.16. The first kappa shape index (κ1) is 5.67. The second kappa shape index (κ2) is 3.84. The molecule has 0 aromatic rings. The lowest BCUT2D eigenvalue weighted by Gasteiger charge is -2.01. The van der Waals surface area contributed by atoms with Gasteiger partial charge in [-0.25, -0.2) is 0 Å². The van der Waals surface area contributed by atoms with Crippen LogP contribution < -0.4 is 0 Å². The van der Waals surface area contributed by atoms with Gasteiger partial charge in [-0.15, -0.1) is 0 Å². The van der Waals surface area contributed by atoms with E-state index in [0.29, 0.717) is 0 Å². The highest BCUT2D eigenvalue weighted by atomic mass is 16.4.